The monoisotopic (exact) mass is 287 g/mol. The highest BCUT2D eigenvalue weighted by Gasteiger charge is 2.40. The molecule has 1 heterocycles. The van der Waals surface area contributed by atoms with E-state index in [1.807, 2.05) is 0 Å². The van der Waals surface area contributed by atoms with E-state index in [4.69, 9.17) is 4.74 Å². The van der Waals surface area contributed by atoms with Gasteiger partial charge >= 0.3 is 0 Å². The van der Waals surface area contributed by atoms with E-state index in [9.17, 15) is 10.1 Å². The smallest absolute Gasteiger partial charge is 0.244 e. The van der Waals surface area contributed by atoms with Gasteiger partial charge in [0, 0.05) is 0 Å². The van der Waals surface area contributed by atoms with Gasteiger partial charge in [-0.2, -0.15) is 5.26 Å². The maximum absolute atomic E-state index is 12.7. The van der Waals surface area contributed by atoms with Crippen molar-refractivity contribution in [3.05, 3.63) is 23.8 Å². The normalized spacial score (nSPS) is 20.8. The fourth-order valence-corrected chi connectivity index (χ4v) is 2.91. The zero-order chi connectivity index (χ0) is 15.3. The number of anilines is 1. The van der Waals surface area contributed by atoms with Gasteiger partial charge in [0.2, 0.25) is 5.91 Å². The largest absolute Gasteiger partial charge is 0.495 e. The number of nitrogens with one attached hydrogen (secondary N) is 2. The molecule has 1 aliphatic rings. The van der Waals surface area contributed by atoms with Gasteiger partial charge in [-0.15, -0.1) is 0 Å². The van der Waals surface area contributed by atoms with Gasteiger partial charge in [0.25, 0.3) is 0 Å². The first-order valence-corrected chi connectivity index (χ1v) is 7.30. The summed E-state index contributed by atoms with van der Waals surface area (Å²) >= 11 is 0. The molecule has 5 nitrogen and oxygen atoms in total. The summed E-state index contributed by atoms with van der Waals surface area (Å²) in [6, 6.07) is 7.25. The summed E-state index contributed by atoms with van der Waals surface area (Å²) in [6.45, 7) is 2.92. The first-order chi connectivity index (χ1) is 10.2. The number of hydrogen-bond acceptors (Lipinski definition) is 4. The summed E-state index contributed by atoms with van der Waals surface area (Å²) in [6.07, 6.45) is 3.53. The second kappa shape index (κ2) is 6.59. The number of carbonyl (C=O) groups is 1. The summed E-state index contributed by atoms with van der Waals surface area (Å²) in [5, 5.41) is 15.4. The molecule has 1 aromatic carbocycles. The standard InChI is InChI=1S/C16H21N3O2/c1-3-8-16(9-5-10-18-16)15(20)19-14-12(11-17)6-4-7-13(14)21-2/h4,6-7,18H,3,5,8-10H2,1-2H3,(H,19,20). The van der Waals surface area contributed by atoms with Crippen molar-refractivity contribution < 1.29 is 9.53 Å². The highest BCUT2D eigenvalue weighted by Crippen LogP contribution is 2.31. The molecule has 1 saturated heterocycles. The van der Waals surface area contributed by atoms with Gasteiger partial charge in [-0.25, -0.2) is 0 Å². The van der Waals surface area contributed by atoms with Gasteiger partial charge in [0.1, 0.15) is 17.5 Å². The van der Waals surface area contributed by atoms with Crippen LogP contribution in [0.3, 0.4) is 0 Å². The lowest BCUT2D eigenvalue weighted by Crippen LogP contribution is -2.50. The molecule has 0 radical (unpaired) electrons. The first kappa shape index (κ1) is 15.3. The highest BCUT2D eigenvalue weighted by atomic mass is 16.5. The van der Waals surface area contributed by atoms with Crippen LogP contribution in [-0.4, -0.2) is 25.1 Å². The Morgan fingerprint density at radius 1 is 1.57 bits per heavy atom. The molecule has 21 heavy (non-hydrogen) atoms. The van der Waals surface area contributed by atoms with Crippen LogP contribution in [0.4, 0.5) is 5.69 Å². The fraction of sp³-hybridized carbons (Fsp3) is 0.500. The maximum atomic E-state index is 12.7. The average molecular weight is 287 g/mol. The first-order valence-electron chi connectivity index (χ1n) is 7.30. The van der Waals surface area contributed by atoms with Crippen molar-refractivity contribution in [2.24, 2.45) is 0 Å². The third-order valence-corrected chi connectivity index (χ3v) is 3.96. The maximum Gasteiger partial charge on any atom is 0.244 e. The Kier molecular flexibility index (Phi) is 4.81. The highest BCUT2D eigenvalue weighted by molar-refractivity contribution is 6.00. The number of carbonyl (C=O) groups excluding carboxylic acids is 1. The van der Waals surface area contributed by atoms with Crippen molar-refractivity contribution in [2.45, 2.75) is 38.1 Å². The van der Waals surface area contributed by atoms with Crippen molar-refractivity contribution in [1.82, 2.24) is 5.32 Å². The van der Waals surface area contributed by atoms with E-state index in [-0.39, 0.29) is 5.91 Å². The van der Waals surface area contributed by atoms with Crippen molar-refractivity contribution >= 4 is 11.6 Å². The number of ether oxygens (including phenoxy) is 1. The molecule has 2 rings (SSSR count). The van der Waals surface area contributed by atoms with Crippen LogP contribution in [0.1, 0.15) is 38.2 Å². The van der Waals surface area contributed by atoms with E-state index in [2.05, 4.69) is 23.6 Å². The summed E-state index contributed by atoms with van der Waals surface area (Å²) in [7, 11) is 1.53. The molecule has 1 atom stereocenters. The van der Waals surface area contributed by atoms with E-state index in [1.54, 1.807) is 18.2 Å². The van der Waals surface area contributed by atoms with Crippen LogP contribution in [0, 0.1) is 11.3 Å². The minimum Gasteiger partial charge on any atom is -0.495 e. The Bertz CT molecular complexity index is 557. The lowest BCUT2D eigenvalue weighted by Gasteiger charge is -2.28. The van der Waals surface area contributed by atoms with Crippen molar-refractivity contribution in [3.63, 3.8) is 0 Å². The molecule has 1 fully saturated rings. The molecular formula is C16H21N3O2. The second-order valence-corrected chi connectivity index (χ2v) is 5.31. The number of nitriles is 1. The molecule has 112 valence electrons. The van der Waals surface area contributed by atoms with Gasteiger partial charge in [-0.05, 0) is 37.9 Å². The number of para-hydroxylation sites is 1. The van der Waals surface area contributed by atoms with Gasteiger partial charge in [0.05, 0.1) is 18.2 Å². The van der Waals surface area contributed by atoms with E-state index in [0.29, 0.717) is 17.0 Å². The van der Waals surface area contributed by atoms with Gasteiger partial charge in [-0.1, -0.05) is 19.4 Å². The number of methoxy groups -OCH3 is 1. The predicted molar refractivity (Wildman–Crippen MR) is 81.2 cm³/mol. The van der Waals surface area contributed by atoms with Crippen LogP contribution in [0.5, 0.6) is 5.75 Å². The lowest BCUT2D eigenvalue weighted by molar-refractivity contribution is -0.122. The number of nitrogens with zero attached hydrogens (tertiary/aromatic N) is 1. The summed E-state index contributed by atoms with van der Waals surface area (Å²) in [5.41, 5.74) is 0.339. The average Bonchev–Trinajstić information content (AvgIpc) is 2.97. The van der Waals surface area contributed by atoms with E-state index >= 15 is 0 Å². The Hall–Kier alpha value is -2.06. The van der Waals surface area contributed by atoms with E-state index < -0.39 is 5.54 Å². The zero-order valence-corrected chi connectivity index (χ0v) is 12.5. The molecule has 2 N–H and O–H groups in total. The Balaban J connectivity index is 2.29. The van der Waals surface area contributed by atoms with Crippen LogP contribution in [0.25, 0.3) is 0 Å². The molecule has 1 aromatic rings. The third kappa shape index (κ3) is 3.01. The van der Waals surface area contributed by atoms with Crippen LogP contribution in [0.2, 0.25) is 0 Å². The Morgan fingerprint density at radius 3 is 2.95 bits per heavy atom. The van der Waals surface area contributed by atoms with Crippen molar-refractivity contribution in [2.75, 3.05) is 19.0 Å². The molecule has 0 aliphatic carbocycles. The minimum absolute atomic E-state index is 0.0807. The number of hydrogen-bond donors (Lipinski definition) is 2. The van der Waals surface area contributed by atoms with Crippen LogP contribution in [-0.2, 0) is 4.79 Å². The molecular weight excluding hydrogens is 266 g/mol. The molecule has 0 bridgehead atoms. The zero-order valence-electron chi connectivity index (χ0n) is 12.5. The predicted octanol–water partition coefficient (Wildman–Crippen LogP) is 2.43. The van der Waals surface area contributed by atoms with Crippen LogP contribution in [0.15, 0.2) is 18.2 Å². The number of rotatable bonds is 5. The Labute approximate surface area is 125 Å². The molecule has 1 aliphatic heterocycles. The fourth-order valence-electron chi connectivity index (χ4n) is 2.91. The molecule has 1 amide bonds. The molecule has 1 unspecified atom stereocenters. The topological polar surface area (TPSA) is 74.2 Å². The summed E-state index contributed by atoms with van der Waals surface area (Å²) in [5.74, 6) is 0.426. The van der Waals surface area contributed by atoms with Gasteiger partial charge in [0.15, 0.2) is 0 Å². The van der Waals surface area contributed by atoms with E-state index in [1.165, 1.54) is 7.11 Å². The quantitative estimate of drug-likeness (QED) is 0.872. The molecule has 0 saturated carbocycles. The number of amides is 1. The molecule has 5 heteroatoms. The van der Waals surface area contributed by atoms with Crippen LogP contribution < -0.4 is 15.4 Å². The van der Waals surface area contributed by atoms with Crippen molar-refractivity contribution in [1.29, 1.82) is 5.26 Å². The minimum atomic E-state index is -0.525. The molecule has 0 aromatic heterocycles. The van der Waals surface area contributed by atoms with Crippen LogP contribution >= 0.6 is 0 Å². The number of benzene rings is 1. The molecule has 0 spiro atoms. The summed E-state index contributed by atoms with van der Waals surface area (Å²) in [4.78, 5) is 12.7. The van der Waals surface area contributed by atoms with E-state index in [0.717, 1.165) is 32.2 Å². The summed E-state index contributed by atoms with van der Waals surface area (Å²) < 4.78 is 5.26. The SMILES string of the molecule is CCCC1(C(=O)Nc2c(C#N)cccc2OC)CCCN1. The van der Waals surface area contributed by atoms with Crippen molar-refractivity contribution in [3.8, 4) is 11.8 Å². The van der Waals surface area contributed by atoms with Gasteiger partial charge < -0.3 is 15.4 Å². The Morgan fingerprint density at radius 2 is 2.38 bits per heavy atom. The lowest BCUT2D eigenvalue weighted by atomic mass is 9.90. The third-order valence-electron chi connectivity index (χ3n) is 3.96. The second-order valence-electron chi connectivity index (χ2n) is 5.31. The van der Waals surface area contributed by atoms with Gasteiger partial charge in [-0.3, -0.25) is 4.79 Å².